The second kappa shape index (κ2) is 6.94. The average molecular weight is 352 g/mol. The summed E-state index contributed by atoms with van der Waals surface area (Å²) < 4.78 is 27.0. The van der Waals surface area contributed by atoms with E-state index < -0.39 is 10.0 Å². The first-order valence-corrected chi connectivity index (χ1v) is 10.1. The van der Waals surface area contributed by atoms with E-state index in [2.05, 4.69) is 20.0 Å². The van der Waals surface area contributed by atoms with Gasteiger partial charge in [-0.15, -0.1) is 11.3 Å². The Morgan fingerprint density at radius 2 is 2.04 bits per heavy atom. The summed E-state index contributed by atoms with van der Waals surface area (Å²) in [4.78, 5) is 8.99. The molecule has 0 bridgehead atoms. The van der Waals surface area contributed by atoms with Crippen molar-refractivity contribution in [2.24, 2.45) is 0 Å². The van der Waals surface area contributed by atoms with E-state index in [1.807, 2.05) is 6.92 Å². The maximum Gasteiger partial charge on any atom is 0.250 e. The molecule has 0 aromatic carbocycles. The zero-order valence-electron chi connectivity index (χ0n) is 13.0. The van der Waals surface area contributed by atoms with Crippen LogP contribution in [-0.4, -0.2) is 31.5 Å². The lowest BCUT2D eigenvalue weighted by atomic mass is 9.96. The van der Waals surface area contributed by atoms with E-state index in [1.54, 1.807) is 17.5 Å². The lowest BCUT2D eigenvalue weighted by molar-refractivity contribution is 0.585. The third-order valence-corrected chi connectivity index (χ3v) is 6.62. The summed E-state index contributed by atoms with van der Waals surface area (Å²) in [7, 11) is -3.40. The molecule has 3 rings (SSSR count). The van der Waals surface area contributed by atoms with Crippen LogP contribution in [0.25, 0.3) is 0 Å². The van der Waals surface area contributed by atoms with Gasteiger partial charge in [-0.3, -0.25) is 0 Å². The second-order valence-corrected chi connectivity index (χ2v) is 8.45. The molecule has 0 spiro atoms. The molecule has 0 saturated carbocycles. The van der Waals surface area contributed by atoms with Crippen molar-refractivity contribution in [3.05, 3.63) is 34.6 Å². The number of aromatic nitrogens is 2. The highest BCUT2D eigenvalue weighted by molar-refractivity contribution is 7.91. The maximum atomic E-state index is 12.0. The van der Waals surface area contributed by atoms with Gasteiger partial charge in [-0.25, -0.2) is 23.1 Å². The summed E-state index contributed by atoms with van der Waals surface area (Å²) in [5.74, 6) is 1.61. The van der Waals surface area contributed by atoms with Gasteiger partial charge in [-0.1, -0.05) is 6.07 Å². The Bertz CT molecular complexity index is 773. The lowest BCUT2D eigenvalue weighted by Crippen LogP contribution is -2.29. The molecule has 0 unspecified atom stereocenters. The molecule has 0 saturated heterocycles. The Morgan fingerprint density at radius 1 is 1.22 bits per heavy atom. The number of rotatable bonds is 6. The van der Waals surface area contributed by atoms with E-state index in [4.69, 9.17) is 0 Å². The summed E-state index contributed by atoms with van der Waals surface area (Å²) in [5, 5.41) is 5.01. The van der Waals surface area contributed by atoms with Crippen LogP contribution in [0.2, 0.25) is 0 Å². The fraction of sp³-hybridized carbons (Fsp3) is 0.467. The van der Waals surface area contributed by atoms with Gasteiger partial charge in [-0.05, 0) is 44.1 Å². The molecule has 6 nitrogen and oxygen atoms in total. The zero-order valence-corrected chi connectivity index (χ0v) is 14.6. The monoisotopic (exact) mass is 352 g/mol. The van der Waals surface area contributed by atoms with E-state index in [-0.39, 0.29) is 0 Å². The van der Waals surface area contributed by atoms with Crippen molar-refractivity contribution in [1.82, 2.24) is 14.7 Å². The smallest absolute Gasteiger partial charge is 0.250 e. The van der Waals surface area contributed by atoms with Crippen LogP contribution in [0.5, 0.6) is 0 Å². The van der Waals surface area contributed by atoms with Crippen molar-refractivity contribution in [2.75, 3.05) is 18.4 Å². The van der Waals surface area contributed by atoms with E-state index >= 15 is 0 Å². The number of aryl methyl sites for hydroxylation is 2. The fourth-order valence-corrected chi connectivity index (χ4v) is 4.79. The molecule has 1 aliphatic rings. The van der Waals surface area contributed by atoms with E-state index in [0.29, 0.717) is 17.3 Å². The molecule has 0 amide bonds. The minimum atomic E-state index is -3.40. The van der Waals surface area contributed by atoms with Gasteiger partial charge in [0, 0.05) is 24.3 Å². The summed E-state index contributed by atoms with van der Waals surface area (Å²) in [6.07, 6.45) is 4.31. The molecule has 2 aromatic rings. The highest BCUT2D eigenvalue weighted by Crippen LogP contribution is 2.25. The zero-order chi connectivity index (χ0) is 16.3. The molecular weight excluding hydrogens is 332 g/mol. The van der Waals surface area contributed by atoms with Crippen molar-refractivity contribution in [3.8, 4) is 0 Å². The van der Waals surface area contributed by atoms with E-state index in [0.717, 1.165) is 36.6 Å². The SMILES string of the molecule is Cc1nc2c(c(NCCNS(=O)(=O)c3cccs3)n1)CCCC2. The Labute approximate surface area is 140 Å². The molecule has 0 aliphatic heterocycles. The van der Waals surface area contributed by atoms with Crippen LogP contribution in [0.4, 0.5) is 5.82 Å². The first-order valence-electron chi connectivity index (χ1n) is 7.70. The third-order valence-electron chi connectivity index (χ3n) is 3.76. The fourth-order valence-electron chi connectivity index (χ4n) is 2.72. The normalized spacial score (nSPS) is 14.5. The molecule has 2 aromatic heterocycles. The highest BCUT2D eigenvalue weighted by atomic mass is 32.2. The van der Waals surface area contributed by atoms with Gasteiger partial charge in [0.15, 0.2) is 0 Å². The van der Waals surface area contributed by atoms with Gasteiger partial charge in [0.05, 0.1) is 0 Å². The molecular formula is C15H20N4O2S2. The number of hydrogen-bond acceptors (Lipinski definition) is 6. The van der Waals surface area contributed by atoms with Crippen LogP contribution in [0.1, 0.15) is 29.9 Å². The molecule has 2 N–H and O–H groups in total. The van der Waals surface area contributed by atoms with E-state index in [1.165, 1.54) is 23.3 Å². The van der Waals surface area contributed by atoms with Crippen LogP contribution >= 0.6 is 11.3 Å². The Kier molecular flexibility index (Phi) is 4.93. The molecule has 0 fully saturated rings. The number of nitrogens with one attached hydrogen (secondary N) is 2. The van der Waals surface area contributed by atoms with Crippen LogP contribution in [0.15, 0.2) is 21.7 Å². The standard InChI is InChI=1S/C15H20N4O2S2/c1-11-18-13-6-3-2-5-12(13)15(19-11)16-8-9-17-23(20,21)14-7-4-10-22-14/h4,7,10,17H,2-3,5-6,8-9H2,1H3,(H,16,18,19). The van der Waals surface area contributed by atoms with Crippen molar-refractivity contribution < 1.29 is 8.42 Å². The summed E-state index contributed by atoms with van der Waals surface area (Å²) >= 11 is 1.21. The minimum absolute atomic E-state index is 0.318. The topological polar surface area (TPSA) is 84.0 Å². The Balaban J connectivity index is 1.60. The quantitative estimate of drug-likeness (QED) is 0.778. The summed E-state index contributed by atoms with van der Waals surface area (Å²) in [5.41, 5.74) is 2.31. The predicted molar refractivity (Wildman–Crippen MR) is 91.4 cm³/mol. The molecule has 23 heavy (non-hydrogen) atoms. The number of nitrogens with zero attached hydrogens (tertiary/aromatic N) is 2. The maximum absolute atomic E-state index is 12.0. The van der Waals surface area contributed by atoms with Crippen molar-refractivity contribution in [2.45, 2.75) is 36.8 Å². The van der Waals surface area contributed by atoms with Crippen molar-refractivity contribution >= 4 is 27.2 Å². The number of fused-ring (bicyclic) bond motifs is 1. The molecule has 0 radical (unpaired) electrons. The Morgan fingerprint density at radius 3 is 2.83 bits per heavy atom. The van der Waals surface area contributed by atoms with Gasteiger partial charge in [-0.2, -0.15) is 0 Å². The van der Waals surface area contributed by atoms with Crippen LogP contribution in [0.3, 0.4) is 0 Å². The number of anilines is 1. The van der Waals surface area contributed by atoms with Crippen LogP contribution < -0.4 is 10.0 Å². The largest absolute Gasteiger partial charge is 0.368 e. The van der Waals surface area contributed by atoms with Crippen LogP contribution in [-0.2, 0) is 22.9 Å². The number of hydrogen-bond donors (Lipinski definition) is 2. The molecule has 8 heteroatoms. The predicted octanol–water partition coefficient (Wildman–Crippen LogP) is 2.12. The summed E-state index contributed by atoms with van der Waals surface area (Å²) in [6, 6.07) is 3.33. The second-order valence-electron chi connectivity index (χ2n) is 5.51. The first kappa shape index (κ1) is 16.4. The average Bonchev–Trinajstić information content (AvgIpc) is 3.06. The molecule has 1 aliphatic carbocycles. The summed E-state index contributed by atoms with van der Waals surface area (Å²) in [6.45, 7) is 2.70. The number of thiophene rings is 1. The first-order chi connectivity index (χ1) is 11.1. The van der Waals surface area contributed by atoms with Crippen molar-refractivity contribution in [3.63, 3.8) is 0 Å². The molecule has 0 atom stereocenters. The van der Waals surface area contributed by atoms with Gasteiger partial charge < -0.3 is 5.32 Å². The van der Waals surface area contributed by atoms with Crippen molar-refractivity contribution in [1.29, 1.82) is 0 Å². The van der Waals surface area contributed by atoms with Gasteiger partial charge in [0.2, 0.25) is 10.0 Å². The third kappa shape index (κ3) is 3.88. The lowest BCUT2D eigenvalue weighted by Gasteiger charge is -2.19. The molecule has 2 heterocycles. The Hall–Kier alpha value is -1.51. The molecule has 124 valence electrons. The number of sulfonamides is 1. The minimum Gasteiger partial charge on any atom is -0.368 e. The van der Waals surface area contributed by atoms with E-state index in [9.17, 15) is 8.42 Å². The van der Waals surface area contributed by atoms with Crippen LogP contribution in [0, 0.1) is 6.92 Å². The highest BCUT2D eigenvalue weighted by Gasteiger charge is 2.17. The van der Waals surface area contributed by atoms with Gasteiger partial charge >= 0.3 is 0 Å². The van der Waals surface area contributed by atoms with Gasteiger partial charge in [0.25, 0.3) is 0 Å². The van der Waals surface area contributed by atoms with Gasteiger partial charge in [0.1, 0.15) is 15.9 Å².